The molecule has 0 atom stereocenters. The van der Waals surface area contributed by atoms with E-state index in [0.29, 0.717) is 10.9 Å². The SMILES string of the molecule is CC[C@H]1CC[C@H](n2cc3cc(NC(=O)c4cccc(C(F)(F)F)n4)c(F)cc3n2)CC1. The highest BCUT2D eigenvalue weighted by atomic mass is 19.4. The highest BCUT2D eigenvalue weighted by molar-refractivity contribution is 6.03. The summed E-state index contributed by atoms with van der Waals surface area (Å²) in [5.74, 6) is -0.896. The summed E-state index contributed by atoms with van der Waals surface area (Å²) in [6.45, 7) is 2.20. The molecule has 1 amide bonds. The van der Waals surface area contributed by atoms with Crippen LogP contribution < -0.4 is 5.32 Å². The van der Waals surface area contributed by atoms with Gasteiger partial charge in [-0.2, -0.15) is 18.3 Å². The van der Waals surface area contributed by atoms with Gasteiger partial charge in [-0.15, -0.1) is 0 Å². The number of carbonyl (C=O) groups excluding carboxylic acids is 1. The number of hydrogen-bond donors (Lipinski definition) is 1. The zero-order valence-electron chi connectivity index (χ0n) is 16.9. The Morgan fingerprint density at radius 1 is 1.19 bits per heavy atom. The first-order valence-corrected chi connectivity index (χ1v) is 10.3. The summed E-state index contributed by atoms with van der Waals surface area (Å²) in [5.41, 5.74) is -1.30. The summed E-state index contributed by atoms with van der Waals surface area (Å²) in [5, 5.41) is 7.46. The lowest BCUT2D eigenvalue weighted by Crippen LogP contribution is -2.18. The van der Waals surface area contributed by atoms with Gasteiger partial charge in [0.2, 0.25) is 0 Å². The summed E-state index contributed by atoms with van der Waals surface area (Å²) < 4.78 is 54.9. The quantitative estimate of drug-likeness (QED) is 0.514. The van der Waals surface area contributed by atoms with E-state index in [9.17, 15) is 22.4 Å². The second kappa shape index (κ2) is 8.28. The molecule has 1 saturated carbocycles. The van der Waals surface area contributed by atoms with E-state index in [1.54, 1.807) is 0 Å². The number of anilines is 1. The predicted molar refractivity (Wildman–Crippen MR) is 108 cm³/mol. The molecule has 1 N–H and O–H groups in total. The van der Waals surface area contributed by atoms with Crippen LogP contribution in [0.15, 0.2) is 36.5 Å². The number of aromatic nitrogens is 3. The van der Waals surface area contributed by atoms with Gasteiger partial charge in [0.1, 0.15) is 17.2 Å². The van der Waals surface area contributed by atoms with Gasteiger partial charge in [-0.05, 0) is 49.8 Å². The number of alkyl halides is 3. The minimum Gasteiger partial charge on any atom is -0.318 e. The van der Waals surface area contributed by atoms with Crippen molar-refractivity contribution in [2.24, 2.45) is 5.92 Å². The molecule has 2 heterocycles. The second-order valence-corrected chi connectivity index (χ2v) is 7.94. The van der Waals surface area contributed by atoms with E-state index in [-0.39, 0.29) is 11.7 Å². The molecule has 31 heavy (non-hydrogen) atoms. The van der Waals surface area contributed by atoms with E-state index >= 15 is 0 Å². The first-order chi connectivity index (χ1) is 14.7. The van der Waals surface area contributed by atoms with Gasteiger partial charge in [0.15, 0.2) is 0 Å². The van der Waals surface area contributed by atoms with Crippen LogP contribution >= 0.6 is 0 Å². The zero-order valence-corrected chi connectivity index (χ0v) is 16.9. The molecular formula is C22H22F4N4O. The Kier molecular flexibility index (Phi) is 5.68. The van der Waals surface area contributed by atoms with Crippen LogP contribution in [0.2, 0.25) is 0 Å². The standard InChI is InChI=1S/C22H22F4N4O/c1-2-13-6-8-15(9-7-13)30-12-14-10-19(16(23)11-18(14)29-30)28-21(31)17-4-3-5-20(27-17)22(24,25)26/h3-5,10-13,15H,2,6-9H2,1H3,(H,28,31)/t13-,15-. The Morgan fingerprint density at radius 3 is 2.61 bits per heavy atom. The van der Waals surface area contributed by atoms with Crippen molar-refractivity contribution in [2.75, 3.05) is 5.32 Å². The lowest BCUT2D eigenvalue weighted by atomic mass is 9.85. The van der Waals surface area contributed by atoms with E-state index in [1.165, 1.54) is 18.6 Å². The second-order valence-electron chi connectivity index (χ2n) is 7.94. The lowest BCUT2D eigenvalue weighted by Gasteiger charge is -2.27. The van der Waals surface area contributed by atoms with Crippen molar-refractivity contribution >= 4 is 22.5 Å². The van der Waals surface area contributed by atoms with Crippen LogP contribution in [-0.4, -0.2) is 20.7 Å². The smallest absolute Gasteiger partial charge is 0.318 e. The number of halogens is 4. The molecule has 5 nitrogen and oxygen atoms in total. The fourth-order valence-electron chi connectivity index (χ4n) is 4.07. The number of amides is 1. The van der Waals surface area contributed by atoms with Gasteiger partial charge < -0.3 is 5.32 Å². The monoisotopic (exact) mass is 434 g/mol. The Bertz CT molecular complexity index is 1100. The summed E-state index contributed by atoms with van der Waals surface area (Å²) in [6, 6.07) is 5.92. The highest BCUT2D eigenvalue weighted by Crippen LogP contribution is 2.34. The van der Waals surface area contributed by atoms with Crippen LogP contribution in [0, 0.1) is 11.7 Å². The van der Waals surface area contributed by atoms with Crippen LogP contribution in [0.5, 0.6) is 0 Å². The third-order valence-electron chi connectivity index (χ3n) is 5.90. The highest BCUT2D eigenvalue weighted by Gasteiger charge is 2.33. The van der Waals surface area contributed by atoms with Crippen molar-refractivity contribution in [3.05, 3.63) is 53.7 Å². The van der Waals surface area contributed by atoms with E-state index in [4.69, 9.17) is 0 Å². The van der Waals surface area contributed by atoms with Crippen molar-refractivity contribution in [2.45, 2.75) is 51.2 Å². The van der Waals surface area contributed by atoms with Crippen LogP contribution in [0.25, 0.3) is 10.9 Å². The Morgan fingerprint density at radius 2 is 1.94 bits per heavy atom. The van der Waals surface area contributed by atoms with Crippen LogP contribution in [-0.2, 0) is 6.18 Å². The number of pyridine rings is 1. The summed E-state index contributed by atoms with van der Waals surface area (Å²) in [7, 11) is 0. The maximum Gasteiger partial charge on any atom is 0.433 e. The van der Waals surface area contributed by atoms with E-state index < -0.39 is 29.3 Å². The first kappa shape index (κ1) is 21.3. The molecule has 0 aliphatic heterocycles. The average Bonchev–Trinajstić information content (AvgIpc) is 3.16. The fourth-order valence-corrected chi connectivity index (χ4v) is 4.07. The average molecular weight is 434 g/mol. The number of fused-ring (bicyclic) bond motifs is 1. The van der Waals surface area contributed by atoms with Crippen LogP contribution in [0.3, 0.4) is 0 Å². The number of nitrogens with one attached hydrogen (secondary N) is 1. The number of carbonyl (C=O) groups is 1. The number of nitrogens with zero attached hydrogens (tertiary/aromatic N) is 3. The van der Waals surface area contributed by atoms with Crippen molar-refractivity contribution in [1.82, 2.24) is 14.8 Å². The minimum absolute atomic E-state index is 0.133. The predicted octanol–water partition coefficient (Wildman–Crippen LogP) is 5.98. The topological polar surface area (TPSA) is 59.8 Å². The number of rotatable bonds is 4. The van der Waals surface area contributed by atoms with Crippen molar-refractivity contribution in [3.63, 3.8) is 0 Å². The first-order valence-electron chi connectivity index (χ1n) is 10.3. The molecule has 0 unspecified atom stereocenters. The van der Waals surface area contributed by atoms with Crippen molar-refractivity contribution in [3.8, 4) is 0 Å². The maximum absolute atomic E-state index is 14.5. The molecule has 9 heteroatoms. The van der Waals surface area contributed by atoms with Gasteiger partial charge in [-0.1, -0.05) is 19.4 Å². The zero-order chi connectivity index (χ0) is 22.2. The van der Waals surface area contributed by atoms with Gasteiger partial charge in [-0.3, -0.25) is 9.48 Å². The largest absolute Gasteiger partial charge is 0.433 e. The third-order valence-corrected chi connectivity index (χ3v) is 5.90. The molecule has 0 bridgehead atoms. The van der Waals surface area contributed by atoms with Gasteiger partial charge in [0.05, 0.1) is 17.2 Å². The van der Waals surface area contributed by atoms with Gasteiger partial charge in [0.25, 0.3) is 5.91 Å². The van der Waals surface area contributed by atoms with Gasteiger partial charge >= 0.3 is 6.18 Å². The molecule has 1 aliphatic rings. The molecule has 1 fully saturated rings. The minimum atomic E-state index is -4.68. The van der Waals surface area contributed by atoms with E-state index in [0.717, 1.165) is 49.8 Å². The fraction of sp³-hybridized carbons (Fsp3) is 0.409. The summed E-state index contributed by atoms with van der Waals surface area (Å²) in [6.07, 6.45) is 2.62. The van der Waals surface area contributed by atoms with E-state index in [1.807, 2.05) is 10.9 Å². The lowest BCUT2D eigenvalue weighted by molar-refractivity contribution is -0.141. The Balaban J connectivity index is 1.55. The molecule has 0 radical (unpaired) electrons. The van der Waals surface area contributed by atoms with Crippen molar-refractivity contribution in [1.29, 1.82) is 0 Å². The molecule has 164 valence electrons. The third kappa shape index (κ3) is 4.55. The summed E-state index contributed by atoms with van der Waals surface area (Å²) in [4.78, 5) is 15.7. The van der Waals surface area contributed by atoms with E-state index in [2.05, 4.69) is 22.3 Å². The normalized spacial score (nSPS) is 19.5. The van der Waals surface area contributed by atoms with Crippen LogP contribution in [0.1, 0.15) is 61.3 Å². The molecule has 2 aromatic heterocycles. The Hall–Kier alpha value is -2.97. The molecule has 1 aliphatic carbocycles. The summed E-state index contributed by atoms with van der Waals surface area (Å²) >= 11 is 0. The molecule has 1 aromatic carbocycles. The maximum atomic E-state index is 14.5. The molecule has 3 aromatic rings. The molecule has 4 rings (SSSR count). The molecule has 0 spiro atoms. The molecular weight excluding hydrogens is 412 g/mol. The number of benzene rings is 1. The van der Waals surface area contributed by atoms with Crippen molar-refractivity contribution < 1.29 is 22.4 Å². The van der Waals surface area contributed by atoms with Gasteiger partial charge in [0, 0.05) is 17.6 Å². The Labute approximate surface area is 176 Å². The number of hydrogen-bond acceptors (Lipinski definition) is 3. The van der Waals surface area contributed by atoms with Crippen LogP contribution in [0.4, 0.5) is 23.2 Å². The molecule has 0 saturated heterocycles. The van der Waals surface area contributed by atoms with Gasteiger partial charge in [-0.25, -0.2) is 9.37 Å².